The molecule has 1 atom stereocenters. The topological polar surface area (TPSA) is 0 Å². The van der Waals surface area contributed by atoms with Crippen LogP contribution >= 0.6 is 39.1 Å². The van der Waals surface area contributed by atoms with Gasteiger partial charge in [0.1, 0.15) is 0 Å². The van der Waals surface area contributed by atoms with Crippen LogP contribution in [0.4, 0.5) is 0 Å². The maximum atomic E-state index is 6.23. The van der Waals surface area contributed by atoms with Gasteiger partial charge in [-0.3, -0.25) is 0 Å². The van der Waals surface area contributed by atoms with E-state index in [1.54, 1.807) is 0 Å². The van der Waals surface area contributed by atoms with Gasteiger partial charge in [-0.25, -0.2) is 0 Å². The van der Waals surface area contributed by atoms with Gasteiger partial charge >= 0.3 is 0 Å². The molecule has 0 saturated carbocycles. The summed E-state index contributed by atoms with van der Waals surface area (Å²) in [5, 5.41) is 1.37. The van der Waals surface area contributed by atoms with Gasteiger partial charge in [0.25, 0.3) is 0 Å². The molecule has 0 fully saturated rings. The molecule has 0 aliphatic rings. The zero-order valence-corrected chi connectivity index (χ0v) is 13.3. The van der Waals surface area contributed by atoms with Crippen molar-refractivity contribution in [2.24, 2.45) is 0 Å². The van der Waals surface area contributed by atoms with Gasteiger partial charge in [-0.1, -0.05) is 63.4 Å². The fraction of sp³-hybridized carbons (Fsp3) is 0.200. The Balaban J connectivity index is 2.48. The van der Waals surface area contributed by atoms with Gasteiger partial charge in [-0.15, -0.1) is 0 Å². The van der Waals surface area contributed by atoms with Gasteiger partial charge in [0.05, 0.1) is 4.83 Å². The number of alkyl halides is 1. The van der Waals surface area contributed by atoms with E-state index in [2.05, 4.69) is 48.0 Å². The summed E-state index contributed by atoms with van der Waals surface area (Å²) in [6.45, 7) is 4.21. The van der Waals surface area contributed by atoms with Crippen LogP contribution in [-0.4, -0.2) is 0 Å². The minimum absolute atomic E-state index is 0.0120. The number of rotatable bonds is 2. The number of hydrogen-bond donors (Lipinski definition) is 0. The highest BCUT2D eigenvalue weighted by Gasteiger charge is 2.17. The summed E-state index contributed by atoms with van der Waals surface area (Å²) >= 11 is 16.1. The molecule has 0 aliphatic heterocycles. The Morgan fingerprint density at radius 1 is 0.944 bits per heavy atom. The molecule has 0 spiro atoms. The molecular formula is C15H13BrCl2. The first-order valence-electron chi connectivity index (χ1n) is 5.66. The molecule has 0 heterocycles. The van der Waals surface area contributed by atoms with E-state index in [4.69, 9.17) is 23.2 Å². The predicted octanol–water partition coefficient (Wildman–Crippen LogP) is 6.09. The molecule has 0 radical (unpaired) electrons. The number of hydrogen-bond acceptors (Lipinski definition) is 0. The van der Waals surface area contributed by atoms with Gasteiger partial charge in [0.15, 0.2) is 0 Å². The highest BCUT2D eigenvalue weighted by atomic mass is 79.9. The third kappa shape index (κ3) is 2.74. The lowest BCUT2D eigenvalue weighted by Gasteiger charge is -2.15. The third-order valence-corrected chi connectivity index (χ3v) is 4.72. The zero-order chi connectivity index (χ0) is 13.3. The van der Waals surface area contributed by atoms with E-state index < -0.39 is 0 Å². The SMILES string of the molecule is Cc1ccc(C(Br)c2c(Cl)cccc2Cl)cc1C. The van der Waals surface area contributed by atoms with E-state index in [0.29, 0.717) is 10.0 Å². The van der Waals surface area contributed by atoms with Crippen LogP contribution in [0.3, 0.4) is 0 Å². The monoisotopic (exact) mass is 342 g/mol. The standard InChI is InChI=1S/C15H13BrCl2/c1-9-6-7-11(8-10(9)2)15(16)14-12(17)4-3-5-13(14)18/h3-8,15H,1-2H3. The lowest BCUT2D eigenvalue weighted by molar-refractivity contribution is 1.16. The van der Waals surface area contributed by atoms with Crippen molar-refractivity contribution in [3.63, 3.8) is 0 Å². The Hall–Kier alpha value is -0.500. The van der Waals surface area contributed by atoms with Crippen molar-refractivity contribution in [2.45, 2.75) is 18.7 Å². The van der Waals surface area contributed by atoms with E-state index in [-0.39, 0.29) is 4.83 Å². The molecule has 2 aromatic carbocycles. The van der Waals surface area contributed by atoms with Crippen molar-refractivity contribution in [2.75, 3.05) is 0 Å². The summed E-state index contributed by atoms with van der Waals surface area (Å²) in [6.07, 6.45) is 0. The van der Waals surface area contributed by atoms with Crippen molar-refractivity contribution >= 4 is 39.1 Å². The highest BCUT2D eigenvalue weighted by molar-refractivity contribution is 9.09. The fourth-order valence-corrected chi connectivity index (χ4v) is 3.50. The van der Waals surface area contributed by atoms with Gasteiger partial charge < -0.3 is 0 Å². The van der Waals surface area contributed by atoms with Crippen LogP contribution in [0.5, 0.6) is 0 Å². The van der Waals surface area contributed by atoms with Crippen LogP contribution in [-0.2, 0) is 0 Å². The number of halogens is 3. The van der Waals surface area contributed by atoms with Crippen LogP contribution in [0.2, 0.25) is 10.0 Å². The van der Waals surface area contributed by atoms with Crippen LogP contribution in [0.1, 0.15) is 27.1 Å². The first-order chi connectivity index (χ1) is 8.50. The third-order valence-electron chi connectivity index (χ3n) is 3.08. The molecule has 2 rings (SSSR count). The fourth-order valence-electron chi connectivity index (χ4n) is 1.84. The van der Waals surface area contributed by atoms with Crippen LogP contribution in [0.25, 0.3) is 0 Å². The minimum atomic E-state index is 0.0120. The molecule has 0 bridgehead atoms. The quantitative estimate of drug-likeness (QED) is 0.578. The zero-order valence-electron chi connectivity index (χ0n) is 10.2. The Morgan fingerprint density at radius 3 is 2.11 bits per heavy atom. The Labute approximate surface area is 126 Å². The van der Waals surface area contributed by atoms with Gasteiger partial charge in [-0.2, -0.15) is 0 Å². The molecular weight excluding hydrogens is 331 g/mol. The Kier molecular flexibility index (Phi) is 4.37. The van der Waals surface area contributed by atoms with Crippen molar-refractivity contribution in [1.82, 2.24) is 0 Å². The highest BCUT2D eigenvalue weighted by Crippen LogP contribution is 2.39. The van der Waals surface area contributed by atoms with Gasteiger partial charge in [-0.05, 0) is 42.7 Å². The Bertz CT molecular complexity index is 558. The van der Waals surface area contributed by atoms with Crippen molar-refractivity contribution in [1.29, 1.82) is 0 Å². The van der Waals surface area contributed by atoms with Crippen LogP contribution in [0.15, 0.2) is 36.4 Å². The second-order valence-electron chi connectivity index (χ2n) is 4.34. The maximum absolute atomic E-state index is 6.23. The van der Waals surface area contributed by atoms with E-state index in [1.807, 2.05) is 18.2 Å². The summed E-state index contributed by atoms with van der Waals surface area (Å²) in [7, 11) is 0. The number of benzene rings is 2. The summed E-state index contributed by atoms with van der Waals surface area (Å²) in [6, 6.07) is 11.9. The van der Waals surface area contributed by atoms with E-state index >= 15 is 0 Å². The summed E-state index contributed by atoms with van der Waals surface area (Å²) in [5.41, 5.74) is 4.63. The molecule has 0 nitrogen and oxygen atoms in total. The second kappa shape index (κ2) is 5.64. The molecule has 0 aliphatic carbocycles. The van der Waals surface area contributed by atoms with Crippen molar-refractivity contribution in [3.05, 3.63) is 68.7 Å². The van der Waals surface area contributed by atoms with Crippen LogP contribution in [0, 0.1) is 13.8 Å². The largest absolute Gasteiger partial charge is 0.0839 e. The molecule has 0 N–H and O–H groups in total. The summed E-state index contributed by atoms with van der Waals surface area (Å²) in [4.78, 5) is 0.0120. The first kappa shape index (κ1) is 13.9. The second-order valence-corrected chi connectivity index (χ2v) is 6.07. The average Bonchev–Trinajstić information content (AvgIpc) is 2.32. The molecule has 2 aromatic rings. The average molecular weight is 344 g/mol. The van der Waals surface area contributed by atoms with E-state index in [9.17, 15) is 0 Å². The molecule has 18 heavy (non-hydrogen) atoms. The summed E-state index contributed by atoms with van der Waals surface area (Å²) in [5.74, 6) is 0. The molecule has 0 saturated heterocycles. The minimum Gasteiger partial charge on any atom is -0.0839 e. The lowest BCUT2D eigenvalue weighted by atomic mass is 10.0. The number of aryl methyl sites for hydroxylation is 2. The summed E-state index contributed by atoms with van der Waals surface area (Å²) < 4.78 is 0. The van der Waals surface area contributed by atoms with Crippen LogP contribution < -0.4 is 0 Å². The lowest BCUT2D eigenvalue weighted by Crippen LogP contribution is -1.96. The molecule has 0 amide bonds. The molecule has 3 heteroatoms. The molecule has 1 unspecified atom stereocenters. The van der Waals surface area contributed by atoms with Gasteiger partial charge in [0, 0.05) is 15.6 Å². The van der Waals surface area contributed by atoms with Gasteiger partial charge in [0.2, 0.25) is 0 Å². The van der Waals surface area contributed by atoms with Crippen molar-refractivity contribution < 1.29 is 0 Å². The normalized spacial score (nSPS) is 12.5. The molecule has 94 valence electrons. The first-order valence-corrected chi connectivity index (χ1v) is 7.33. The predicted molar refractivity (Wildman–Crippen MR) is 83.1 cm³/mol. The van der Waals surface area contributed by atoms with E-state index in [0.717, 1.165) is 11.1 Å². The van der Waals surface area contributed by atoms with E-state index in [1.165, 1.54) is 11.1 Å². The smallest absolute Gasteiger partial charge is 0.0674 e. The maximum Gasteiger partial charge on any atom is 0.0674 e. The Morgan fingerprint density at radius 2 is 1.56 bits per heavy atom. The van der Waals surface area contributed by atoms with Crippen molar-refractivity contribution in [3.8, 4) is 0 Å². The molecule has 0 aromatic heterocycles.